The molecule has 1 aliphatic heterocycles. The van der Waals surface area contributed by atoms with Crippen LogP contribution in [0, 0.1) is 5.82 Å². The lowest BCUT2D eigenvalue weighted by Crippen LogP contribution is -2.64. The van der Waals surface area contributed by atoms with Crippen LogP contribution in [0.2, 0.25) is 0 Å². The molecule has 3 aromatic heterocycles. The van der Waals surface area contributed by atoms with E-state index in [1.165, 1.54) is 25.0 Å². The van der Waals surface area contributed by atoms with Gasteiger partial charge in [-0.25, -0.2) is 4.39 Å². The van der Waals surface area contributed by atoms with Gasteiger partial charge in [-0.2, -0.15) is 0 Å². The van der Waals surface area contributed by atoms with E-state index in [0.717, 1.165) is 36.1 Å². The molecule has 2 amide bonds. The van der Waals surface area contributed by atoms with Gasteiger partial charge in [-0.1, -0.05) is 31.7 Å². The van der Waals surface area contributed by atoms with E-state index in [9.17, 15) is 14.0 Å². The molecule has 4 aromatic rings. The molecule has 0 spiro atoms. The molecule has 0 bridgehead atoms. The number of benzene rings is 1. The highest BCUT2D eigenvalue weighted by molar-refractivity contribution is 7.09. The Morgan fingerprint density at radius 2 is 1.86 bits per heavy atom. The van der Waals surface area contributed by atoms with Crippen LogP contribution in [0.25, 0.3) is 16.6 Å². The minimum absolute atomic E-state index is 0.123. The highest BCUT2D eigenvalue weighted by atomic mass is 32.1. The van der Waals surface area contributed by atoms with Crippen LogP contribution in [0.4, 0.5) is 4.39 Å². The summed E-state index contributed by atoms with van der Waals surface area (Å²) in [4.78, 5) is 31.2. The van der Waals surface area contributed by atoms with Crippen molar-refractivity contribution in [2.45, 2.75) is 70.1 Å². The largest absolute Gasteiger partial charge is 0.351 e. The maximum absolute atomic E-state index is 14.4. The molecule has 1 aromatic carbocycles. The van der Waals surface area contributed by atoms with Gasteiger partial charge in [-0.3, -0.25) is 9.59 Å². The molecule has 0 unspecified atom stereocenters. The van der Waals surface area contributed by atoms with E-state index in [2.05, 4.69) is 5.32 Å². The summed E-state index contributed by atoms with van der Waals surface area (Å²) in [6.45, 7) is 2.51. The molecular formula is C29H31FN4O2S. The lowest BCUT2D eigenvalue weighted by Gasteiger charge is -2.44. The molecule has 1 saturated carbocycles. The number of rotatable bonds is 5. The zero-order chi connectivity index (χ0) is 25.6. The van der Waals surface area contributed by atoms with Crippen molar-refractivity contribution in [2.75, 3.05) is 0 Å². The molecule has 4 heterocycles. The van der Waals surface area contributed by atoms with Gasteiger partial charge in [0.1, 0.15) is 17.1 Å². The highest BCUT2D eigenvalue weighted by Crippen LogP contribution is 2.39. The quantitative estimate of drug-likeness (QED) is 0.335. The minimum Gasteiger partial charge on any atom is -0.351 e. The van der Waals surface area contributed by atoms with E-state index in [1.807, 2.05) is 58.1 Å². The fourth-order valence-electron chi connectivity index (χ4n) is 5.94. The zero-order valence-corrected chi connectivity index (χ0v) is 21.8. The van der Waals surface area contributed by atoms with Crippen molar-refractivity contribution in [1.29, 1.82) is 0 Å². The summed E-state index contributed by atoms with van der Waals surface area (Å²) in [6, 6.07) is 12.5. The predicted molar refractivity (Wildman–Crippen MR) is 143 cm³/mol. The molecule has 37 heavy (non-hydrogen) atoms. The van der Waals surface area contributed by atoms with Gasteiger partial charge in [0.25, 0.3) is 5.91 Å². The molecule has 2 aliphatic rings. The summed E-state index contributed by atoms with van der Waals surface area (Å²) >= 11 is 1.57. The van der Waals surface area contributed by atoms with E-state index in [-0.39, 0.29) is 23.7 Å². The molecule has 0 saturated heterocycles. The summed E-state index contributed by atoms with van der Waals surface area (Å²) in [5.41, 5.74) is 0.770. The van der Waals surface area contributed by atoms with Crippen LogP contribution >= 0.6 is 11.3 Å². The van der Waals surface area contributed by atoms with Gasteiger partial charge < -0.3 is 19.4 Å². The molecule has 192 valence electrons. The SMILES string of the molecule is C[C@]1(C(=O)NC2CCCCCC2)Cn2c(c(-n3cccc3)c3cc(F)ccc32)C(=O)N1Cc1cccs1. The standard InChI is InChI=1S/C29H31FN4O2S/c1-29(28(36)31-21-9-4-2-3-5-10-21)19-33-24-13-12-20(30)17-23(24)25(32-14-6-7-15-32)26(33)27(35)34(29)18-22-11-8-16-37-22/h6-8,11-17,21H,2-5,9-10,18-19H2,1H3,(H,31,36)/t29-/m1/s1. The van der Waals surface area contributed by atoms with Crippen LogP contribution < -0.4 is 5.32 Å². The van der Waals surface area contributed by atoms with E-state index in [4.69, 9.17) is 0 Å². The molecule has 6 rings (SSSR count). The van der Waals surface area contributed by atoms with Crippen LogP contribution in [0.3, 0.4) is 0 Å². The average Bonchev–Trinajstić information content (AvgIpc) is 3.61. The number of halogens is 1. The third-order valence-electron chi connectivity index (χ3n) is 7.94. The number of hydrogen-bond acceptors (Lipinski definition) is 3. The molecule has 1 fully saturated rings. The first-order valence-corrected chi connectivity index (χ1v) is 13.9. The monoisotopic (exact) mass is 518 g/mol. The number of nitrogens with one attached hydrogen (secondary N) is 1. The zero-order valence-electron chi connectivity index (χ0n) is 21.0. The Balaban J connectivity index is 1.49. The van der Waals surface area contributed by atoms with Gasteiger partial charge >= 0.3 is 0 Å². The number of aromatic nitrogens is 2. The van der Waals surface area contributed by atoms with Crippen molar-refractivity contribution in [3.63, 3.8) is 0 Å². The fraction of sp³-hybridized carbons (Fsp3) is 0.379. The molecule has 8 heteroatoms. The number of hydrogen-bond donors (Lipinski definition) is 1. The minimum atomic E-state index is -1.10. The first-order chi connectivity index (χ1) is 18.0. The maximum atomic E-state index is 14.4. The molecule has 1 atom stereocenters. The third-order valence-corrected chi connectivity index (χ3v) is 8.81. The number of carbonyl (C=O) groups excluding carboxylic acids is 2. The fourth-order valence-corrected chi connectivity index (χ4v) is 6.64. The number of nitrogens with zero attached hydrogens (tertiary/aromatic N) is 3. The molecule has 6 nitrogen and oxygen atoms in total. The number of amides is 2. The average molecular weight is 519 g/mol. The number of fused-ring (bicyclic) bond motifs is 3. The molecule has 0 radical (unpaired) electrons. The smallest absolute Gasteiger partial charge is 0.273 e. The summed E-state index contributed by atoms with van der Waals surface area (Å²) in [5.74, 6) is -0.708. The van der Waals surface area contributed by atoms with Gasteiger partial charge in [-0.15, -0.1) is 11.3 Å². The highest BCUT2D eigenvalue weighted by Gasteiger charge is 2.49. The van der Waals surface area contributed by atoms with Crippen molar-refractivity contribution in [3.05, 3.63) is 76.6 Å². The second-order valence-corrected chi connectivity index (χ2v) is 11.5. The maximum Gasteiger partial charge on any atom is 0.273 e. The topological polar surface area (TPSA) is 59.3 Å². The van der Waals surface area contributed by atoms with E-state index in [0.29, 0.717) is 29.9 Å². The Labute approximate surface area is 219 Å². The van der Waals surface area contributed by atoms with Crippen LogP contribution in [-0.4, -0.2) is 37.4 Å². The summed E-state index contributed by atoms with van der Waals surface area (Å²) in [5, 5.41) is 5.95. The van der Waals surface area contributed by atoms with E-state index < -0.39 is 5.54 Å². The third kappa shape index (κ3) is 4.17. The predicted octanol–water partition coefficient (Wildman–Crippen LogP) is 5.89. The summed E-state index contributed by atoms with van der Waals surface area (Å²) < 4.78 is 18.2. The Kier molecular flexibility index (Phi) is 6.15. The molecule has 1 aliphatic carbocycles. The Hall–Kier alpha value is -3.39. The van der Waals surface area contributed by atoms with Crippen molar-refractivity contribution >= 4 is 34.1 Å². The van der Waals surface area contributed by atoms with Crippen LogP contribution in [0.1, 0.15) is 60.8 Å². The van der Waals surface area contributed by atoms with Gasteiger partial charge in [-0.05, 0) is 61.5 Å². The van der Waals surface area contributed by atoms with Crippen LogP contribution in [0.5, 0.6) is 0 Å². The van der Waals surface area contributed by atoms with Gasteiger partial charge in [0, 0.05) is 28.7 Å². The van der Waals surface area contributed by atoms with Gasteiger partial charge in [0.2, 0.25) is 5.91 Å². The number of thiophene rings is 1. The first kappa shape index (κ1) is 24.0. The van der Waals surface area contributed by atoms with Crippen molar-refractivity contribution < 1.29 is 14.0 Å². The number of carbonyl (C=O) groups is 2. The second-order valence-electron chi connectivity index (χ2n) is 10.4. The summed E-state index contributed by atoms with van der Waals surface area (Å²) in [7, 11) is 0. The van der Waals surface area contributed by atoms with Crippen LogP contribution in [0.15, 0.2) is 60.2 Å². The molecular weight excluding hydrogens is 487 g/mol. The Bertz CT molecular complexity index is 1430. The normalized spacial score (nSPS) is 20.7. The molecule has 1 N–H and O–H groups in total. The lowest BCUT2D eigenvalue weighted by molar-refractivity contribution is -0.134. The van der Waals surface area contributed by atoms with Gasteiger partial charge in [0.15, 0.2) is 0 Å². The van der Waals surface area contributed by atoms with Crippen molar-refractivity contribution in [3.8, 4) is 5.69 Å². The first-order valence-electron chi connectivity index (χ1n) is 13.1. The second kappa shape index (κ2) is 9.49. The Morgan fingerprint density at radius 3 is 2.57 bits per heavy atom. The van der Waals surface area contributed by atoms with E-state index in [1.54, 1.807) is 22.3 Å². The lowest BCUT2D eigenvalue weighted by atomic mass is 9.93. The van der Waals surface area contributed by atoms with Crippen LogP contribution in [-0.2, 0) is 17.9 Å². The van der Waals surface area contributed by atoms with E-state index >= 15 is 0 Å². The van der Waals surface area contributed by atoms with Crippen molar-refractivity contribution in [2.24, 2.45) is 0 Å². The van der Waals surface area contributed by atoms with Gasteiger partial charge in [0.05, 0.1) is 24.3 Å². The Morgan fingerprint density at radius 1 is 1.11 bits per heavy atom. The summed E-state index contributed by atoms with van der Waals surface area (Å²) in [6.07, 6.45) is 10.3. The van der Waals surface area contributed by atoms with Crippen molar-refractivity contribution in [1.82, 2.24) is 19.4 Å².